The van der Waals surface area contributed by atoms with E-state index in [1.807, 2.05) is 6.92 Å². The summed E-state index contributed by atoms with van der Waals surface area (Å²) in [6.07, 6.45) is 1.71. The Labute approximate surface area is 137 Å². The van der Waals surface area contributed by atoms with Gasteiger partial charge in [-0.05, 0) is 18.6 Å². The van der Waals surface area contributed by atoms with E-state index < -0.39 is 0 Å². The molecule has 0 saturated carbocycles. The number of aromatic nitrogens is 1. The highest BCUT2D eigenvalue weighted by Crippen LogP contribution is 2.30. The van der Waals surface area contributed by atoms with E-state index in [0.717, 1.165) is 5.56 Å². The van der Waals surface area contributed by atoms with Gasteiger partial charge in [0.15, 0.2) is 4.80 Å². The fourth-order valence-electron chi connectivity index (χ4n) is 1.70. The minimum absolute atomic E-state index is 0. The van der Waals surface area contributed by atoms with Gasteiger partial charge in [-0.1, -0.05) is 11.6 Å². The van der Waals surface area contributed by atoms with Crippen LogP contribution in [-0.4, -0.2) is 17.6 Å². The molecule has 8 heteroatoms. The highest BCUT2D eigenvalue weighted by molar-refractivity contribution is 7.06. The first-order chi connectivity index (χ1) is 9.51. The van der Waals surface area contributed by atoms with Crippen molar-refractivity contribution >= 4 is 46.9 Å². The zero-order valence-corrected chi connectivity index (χ0v) is 13.9. The number of rotatable bonds is 4. The predicted molar refractivity (Wildman–Crippen MR) is 86.8 cm³/mol. The number of ether oxygens (including phenoxy) is 1. The number of nitrogens with zero attached hydrogens (tertiary/aromatic N) is 1. The molecule has 114 valence electrons. The molecule has 1 amide bonds. The van der Waals surface area contributed by atoms with Crippen molar-refractivity contribution in [1.29, 1.82) is 5.41 Å². The largest absolute Gasteiger partial charge is 0.495 e. The SMILES string of the molecule is COc1cc(Cl)c(C)cc1NC(=O)Cn1ccsc1=N.Cl. The summed E-state index contributed by atoms with van der Waals surface area (Å²) in [6.45, 7) is 1.94. The van der Waals surface area contributed by atoms with Crippen LogP contribution in [0.1, 0.15) is 5.56 Å². The van der Waals surface area contributed by atoms with E-state index in [1.165, 1.54) is 18.4 Å². The van der Waals surface area contributed by atoms with Crippen LogP contribution in [0.2, 0.25) is 5.02 Å². The van der Waals surface area contributed by atoms with E-state index in [0.29, 0.717) is 21.3 Å². The smallest absolute Gasteiger partial charge is 0.244 e. The summed E-state index contributed by atoms with van der Waals surface area (Å²) >= 11 is 7.29. The molecular weight excluding hydrogens is 333 g/mol. The first-order valence-corrected chi connectivity index (χ1v) is 7.09. The van der Waals surface area contributed by atoms with Crippen LogP contribution in [0.15, 0.2) is 23.7 Å². The molecule has 0 radical (unpaired) electrons. The van der Waals surface area contributed by atoms with Gasteiger partial charge in [0.2, 0.25) is 5.91 Å². The number of benzene rings is 1. The number of hydrogen-bond donors (Lipinski definition) is 2. The van der Waals surface area contributed by atoms with E-state index in [9.17, 15) is 4.79 Å². The molecule has 0 unspecified atom stereocenters. The number of nitrogens with one attached hydrogen (secondary N) is 2. The molecule has 0 saturated heterocycles. The van der Waals surface area contributed by atoms with Crippen LogP contribution in [0.3, 0.4) is 0 Å². The zero-order chi connectivity index (χ0) is 14.7. The molecular formula is C13H15Cl2N3O2S. The maximum absolute atomic E-state index is 12.0. The molecule has 0 fully saturated rings. The second kappa shape index (κ2) is 7.49. The van der Waals surface area contributed by atoms with E-state index in [4.69, 9.17) is 21.7 Å². The summed E-state index contributed by atoms with van der Waals surface area (Å²) in [5, 5.41) is 12.7. The van der Waals surface area contributed by atoms with Crippen molar-refractivity contribution in [3.05, 3.63) is 39.1 Å². The molecule has 1 aromatic heterocycles. The van der Waals surface area contributed by atoms with Crippen molar-refractivity contribution in [3.63, 3.8) is 0 Å². The second-order valence-corrected chi connectivity index (χ2v) is 5.49. The lowest BCUT2D eigenvalue weighted by atomic mass is 10.2. The van der Waals surface area contributed by atoms with E-state index in [2.05, 4.69) is 5.32 Å². The molecule has 0 spiro atoms. The quantitative estimate of drug-likeness (QED) is 0.892. The Hall–Kier alpha value is -1.50. The van der Waals surface area contributed by atoms with Gasteiger partial charge in [-0.25, -0.2) is 0 Å². The number of methoxy groups -OCH3 is 1. The first-order valence-electron chi connectivity index (χ1n) is 5.83. The maximum atomic E-state index is 12.0. The highest BCUT2D eigenvalue weighted by atomic mass is 35.5. The summed E-state index contributed by atoms with van der Waals surface area (Å²) in [4.78, 5) is 12.3. The monoisotopic (exact) mass is 347 g/mol. The number of carbonyl (C=O) groups is 1. The van der Waals surface area contributed by atoms with Crippen molar-refractivity contribution < 1.29 is 9.53 Å². The summed E-state index contributed by atoms with van der Waals surface area (Å²) in [5.74, 6) is 0.289. The highest BCUT2D eigenvalue weighted by Gasteiger charge is 2.11. The van der Waals surface area contributed by atoms with Crippen LogP contribution >= 0.6 is 35.3 Å². The fraction of sp³-hybridized carbons (Fsp3) is 0.231. The van der Waals surface area contributed by atoms with Gasteiger partial charge in [0.25, 0.3) is 0 Å². The Bertz CT molecular complexity index is 697. The summed E-state index contributed by atoms with van der Waals surface area (Å²) in [7, 11) is 1.52. The minimum atomic E-state index is -0.220. The van der Waals surface area contributed by atoms with Crippen molar-refractivity contribution in [3.8, 4) is 5.75 Å². The third-order valence-corrected chi connectivity index (χ3v) is 3.87. The molecule has 1 aromatic carbocycles. The average molecular weight is 348 g/mol. The molecule has 1 heterocycles. The van der Waals surface area contributed by atoms with Gasteiger partial charge in [-0.15, -0.1) is 23.7 Å². The van der Waals surface area contributed by atoms with Crippen molar-refractivity contribution in [2.24, 2.45) is 0 Å². The van der Waals surface area contributed by atoms with Crippen LogP contribution < -0.4 is 14.9 Å². The topological polar surface area (TPSA) is 67.1 Å². The molecule has 0 aliphatic carbocycles. The van der Waals surface area contributed by atoms with Gasteiger partial charge >= 0.3 is 0 Å². The zero-order valence-electron chi connectivity index (χ0n) is 11.5. The van der Waals surface area contributed by atoms with E-state index >= 15 is 0 Å². The Morgan fingerprint density at radius 1 is 1.52 bits per heavy atom. The number of carbonyl (C=O) groups excluding carboxylic acids is 1. The lowest BCUT2D eigenvalue weighted by Crippen LogP contribution is -2.24. The van der Waals surface area contributed by atoms with Crippen LogP contribution in [0.5, 0.6) is 5.75 Å². The molecule has 5 nitrogen and oxygen atoms in total. The summed E-state index contributed by atoms with van der Waals surface area (Å²) < 4.78 is 6.76. The second-order valence-electron chi connectivity index (χ2n) is 4.19. The van der Waals surface area contributed by atoms with E-state index in [-0.39, 0.29) is 24.9 Å². The molecule has 2 N–H and O–H groups in total. The molecule has 0 atom stereocenters. The lowest BCUT2D eigenvalue weighted by molar-refractivity contribution is -0.116. The van der Waals surface area contributed by atoms with Gasteiger partial charge in [0.05, 0.1) is 12.8 Å². The molecule has 0 aliphatic rings. The normalized spacial score (nSPS) is 9.86. The van der Waals surface area contributed by atoms with Gasteiger partial charge in [0.1, 0.15) is 12.3 Å². The Morgan fingerprint density at radius 3 is 2.81 bits per heavy atom. The van der Waals surface area contributed by atoms with E-state index in [1.54, 1.807) is 28.3 Å². The van der Waals surface area contributed by atoms with Crippen molar-refractivity contribution in [2.75, 3.05) is 12.4 Å². The minimum Gasteiger partial charge on any atom is -0.495 e. The maximum Gasteiger partial charge on any atom is 0.244 e. The Balaban J connectivity index is 0.00000220. The van der Waals surface area contributed by atoms with Crippen LogP contribution in [-0.2, 0) is 11.3 Å². The lowest BCUT2D eigenvalue weighted by Gasteiger charge is -2.12. The standard InChI is InChI=1S/C13H14ClN3O2S.ClH/c1-8-5-10(11(19-2)6-9(8)14)16-12(18)7-17-3-4-20-13(17)15;/h3-6,15H,7H2,1-2H3,(H,16,18);1H. The van der Waals surface area contributed by atoms with Crippen molar-refractivity contribution in [1.82, 2.24) is 4.57 Å². The Morgan fingerprint density at radius 2 is 2.24 bits per heavy atom. The molecule has 2 rings (SSSR count). The molecule has 2 aromatic rings. The number of hydrogen-bond acceptors (Lipinski definition) is 4. The number of anilines is 1. The summed E-state index contributed by atoms with van der Waals surface area (Å²) in [5.41, 5.74) is 1.42. The average Bonchev–Trinajstić information content (AvgIpc) is 2.79. The number of amides is 1. The summed E-state index contributed by atoms with van der Waals surface area (Å²) in [6, 6.07) is 3.43. The Kier molecular flexibility index (Phi) is 6.26. The number of thiazole rings is 1. The predicted octanol–water partition coefficient (Wildman–Crippen LogP) is 3.06. The van der Waals surface area contributed by atoms with Gasteiger partial charge in [-0.3, -0.25) is 10.2 Å². The molecule has 21 heavy (non-hydrogen) atoms. The van der Waals surface area contributed by atoms with Gasteiger partial charge in [-0.2, -0.15) is 0 Å². The molecule has 0 aliphatic heterocycles. The third kappa shape index (κ3) is 4.23. The fourth-order valence-corrected chi connectivity index (χ4v) is 2.45. The van der Waals surface area contributed by atoms with Gasteiger partial charge < -0.3 is 14.6 Å². The van der Waals surface area contributed by atoms with Crippen LogP contribution in [0.25, 0.3) is 0 Å². The van der Waals surface area contributed by atoms with Crippen LogP contribution in [0, 0.1) is 12.3 Å². The number of aryl methyl sites for hydroxylation is 1. The van der Waals surface area contributed by atoms with Gasteiger partial charge in [0, 0.05) is 22.7 Å². The third-order valence-electron chi connectivity index (χ3n) is 2.75. The van der Waals surface area contributed by atoms with Crippen molar-refractivity contribution in [2.45, 2.75) is 13.5 Å². The number of halogens is 2. The first kappa shape index (κ1) is 17.6. The van der Waals surface area contributed by atoms with Crippen LogP contribution in [0.4, 0.5) is 5.69 Å². The molecule has 0 bridgehead atoms.